The van der Waals surface area contributed by atoms with Crippen LogP contribution in [0.1, 0.15) is 83.4 Å². The predicted octanol–water partition coefficient (Wildman–Crippen LogP) is 5.51. The number of alkyl halides is 3. The number of aromatic nitrogens is 1. The van der Waals surface area contributed by atoms with Gasteiger partial charge in [0.15, 0.2) is 0 Å². The second-order valence-electron chi connectivity index (χ2n) is 11.5. The van der Waals surface area contributed by atoms with Gasteiger partial charge in [-0.05, 0) is 74.5 Å². The molecule has 6 nitrogen and oxygen atoms in total. The smallest absolute Gasteiger partial charge is 0.391 e. The average molecular weight is 546 g/mol. The molecule has 3 heterocycles. The van der Waals surface area contributed by atoms with Crippen molar-refractivity contribution in [3.8, 4) is 0 Å². The third-order valence-electron chi connectivity index (χ3n) is 8.79. The van der Waals surface area contributed by atoms with Gasteiger partial charge >= 0.3 is 6.18 Å². The van der Waals surface area contributed by atoms with Gasteiger partial charge in [0.25, 0.3) is 5.91 Å². The van der Waals surface area contributed by atoms with Gasteiger partial charge in [-0.1, -0.05) is 29.8 Å². The van der Waals surface area contributed by atoms with E-state index in [0.717, 1.165) is 41.8 Å². The highest BCUT2D eigenvalue weighted by atomic mass is 19.4. The zero-order valence-electron chi connectivity index (χ0n) is 22.4. The summed E-state index contributed by atoms with van der Waals surface area (Å²) < 4.78 is 45.2. The molecule has 1 amide bonds. The molecule has 3 aliphatic rings. The molecule has 2 N–H and O–H groups in total. The van der Waals surface area contributed by atoms with Crippen molar-refractivity contribution < 1.29 is 27.8 Å². The van der Waals surface area contributed by atoms with Gasteiger partial charge in [0.1, 0.15) is 0 Å². The second kappa shape index (κ2) is 11.9. The lowest BCUT2D eigenvalue weighted by atomic mass is 9.81. The third kappa shape index (κ3) is 6.47. The van der Waals surface area contributed by atoms with Crippen LogP contribution in [0.4, 0.5) is 13.2 Å². The topological polar surface area (TPSA) is 74.7 Å². The maximum Gasteiger partial charge on any atom is 0.391 e. The van der Waals surface area contributed by atoms with Gasteiger partial charge in [0, 0.05) is 32.5 Å². The van der Waals surface area contributed by atoms with E-state index in [4.69, 9.17) is 9.72 Å². The van der Waals surface area contributed by atoms with Crippen LogP contribution in [0, 0.1) is 24.7 Å². The maximum atomic E-state index is 13.2. The Hall–Kier alpha value is -2.49. The summed E-state index contributed by atoms with van der Waals surface area (Å²) in [4.78, 5) is 20.3. The van der Waals surface area contributed by atoms with Crippen LogP contribution in [0.2, 0.25) is 0 Å². The van der Waals surface area contributed by atoms with Crippen molar-refractivity contribution in [2.45, 2.75) is 70.3 Å². The third-order valence-corrected chi connectivity index (χ3v) is 8.79. The first-order valence-corrected chi connectivity index (χ1v) is 14.1. The number of benzene rings is 1. The van der Waals surface area contributed by atoms with Crippen molar-refractivity contribution in [3.05, 3.63) is 64.5 Å². The number of carbonyl (C=O) groups excluding carboxylic acids is 1. The molecule has 5 rings (SSSR count). The Labute approximate surface area is 228 Å². The number of hydrogen-bond acceptors (Lipinski definition) is 5. The molecule has 1 aromatic heterocycles. The van der Waals surface area contributed by atoms with Crippen LogP contribution in [0.15, 0.2) is 36.5 Å². The Balaban J connectivity index is 1.31. The monoisotopic (exact) mass is 545 g/mol. The van der Waals surface area contributed by atoms with Crippen molar-refractivity contribution in [2.75, 3.05) is 26.4 Å². The molecule has 39 heavy (non-hydrogen) atoms. The highest BCUT2D eigenvalue weighted by Gasteiger charge is 2.43. The molecule has 2 aliphatic heterocycles. The van der Waals surface area contributed by atoms with E-state index in [1.54, 1.807) is 6.20 Å². The number of hydrogen-bond donors (Lipinski definition) is 2. The molecule has 1 aromatic carbocycles. The van der Waals surface area contributed by atoms with Crippen LogP contribution in [-0.2, 0) is 11.3 Å². The molecule has 2 fully saturated rings. The summed E-state index contributed by atoms with van der Waals surface area (Å²) in [5.74, 6) is -0.889. The number of nitrogens with zero attached hydrogens (tertiary/aromatic N) is 2. The van der Waals surface area contributed by atoms with E-state index >= 15 is 0 Å². The Kier molecular flexibility index (Phi) is 8.59. The van der Waals surface area contributed by atoms with E-state index in [-0.39, 0.29) is 37.3 Å². The van der Waals surface area contributed by atoms with Gasteiger partial charge in [0.05, 0.1) is 35.9 Å². The minimum atomic E-state index is -4.10. The number of fused-ring (bicyclic) bond motifs is 1. The van der Waals surface area contributed by atoms with Gasteiger partial charge in [-0.3, -0.25) is 14.7 Å². The molecule has 0 spiro atoms. The first kappa shape index (κ1) is 28.1. The van der Waals surface area contributed by atoms with Crippen LogP contribution in [0.3, 0.4) is 0 Å². The van der Waals surface area contributed by atoms with Gasteiger partial charge < -0.3 is 15.2 Å². The number of pyridine rings is 1. The van der Waals surface area contributed by atoms with Crippen LogP contribution in [-0.4, -0.2) is 53.4 Å². The standard InChI is InChI=1S/C30H38F3N3O3/c1-19-2-6-21(7-3-19)26(18-37)35-29(38)23-14-24-17-36(16-20-4-8-25(9-5-20)30(31,32)33)28(27(24)34-15-23)22-10-12-39-13-11-22/h2-3,6-7,14-15,20,22,25-26,28,37H,4-5,8-13,16-18H2,1H3,(H,35,38)/t20?,25?,26-,28-/m0/s1. The molecular weight excluding hydrogens is 507 g/mol. The molecule has 1 saturated carbocycles. The van der Waals surface area contributed by atoms with Gasteiger partial charge in [-0.15, -0.1) is 0 Å². The van der Waals surface area contributed by atoms with Gasteiger partial charge in [0.2, 0.25) is 0 Å². The summed E-state index contributed by atoms with van der Waals surface area (Å²) in [6.45, 7) is 4.53. The number of ether oxygens (including phenoxy) is 1. The molecule has 0 unspecified atom stereocenters. The molecular formula is C30H38F3N3O3. The fourth-order valence-corrected chi connectivity index (χ4v) is 6.54. The quantitative estimate of drug-likeness (QED) is 0.480. The van der Waals surface area contributed by atoms with Crippen molar-refractivity contribution in [1.82, 2.24) is 15.2 Å². The zero-order chi connectivity index (χ0) is 27.6. The average Bonchev–Trinajstić information content (AvgIpc) is 3.29. The summed E-state index contributed by atoms with van der Waals surface area (Å²) >= 11 is 0. The number of amides is 1. The fraction of sp³-hybridized carbons (Fsp3) is 0.600. The molecule has 212 valence electrons. The SMILES string of the molecule is Cc1ccc([C@H](CO)NC(=O)c2cnc3c(c2)CN(CC2CCC(C(F)(F)F)CC2)[C@H]3C2CCOCC2)cc1. The normalized spacial score (nSPS) is 25.3. The Bertz CT molecular complexity index is 1130. The van der Waals surface area contributed by atoms with E-state index in [2.05, 4.69) is 10.2 Å². The fourth-order valence-electron chi connectivity index (χ4n) is 6.54. The lowest BCUT2D eigenvalue weighted by Crippen LogP contribution is -2.37. The summed E-state index contributed by atoms with van der Waals surface area (Å²) in [5, 5.41) is 12.8. The number of halogens is 3. The summed E-state index contributed by atoms with van der Waals surface area (Å²) in [6.07, 6.45) is 0.913. The number of aliphatic hydroxyl groups is 1. The number of rotatable bonds is 7. The van der Waals surface area contributed by atoms with Crippen molar-refractivity contribution in [3.63, 3.8) is 0 Å². The van der Waals surface area contributed by atoms with Crippen LogP contribution >= 0.6 is 0 Å². The molecule has 2 aromatic rings. The highest BCUT2D eigenvalue weighted by molar-refractivity contribution is 5.94. The minimum Gasteiger partial charge on any atom is -0.394 e. The molecule has 9 heteroatoms. The highest BCUT2D eigenvalue weighted by Crippen LogP contribution is 2.45. The molecule has 1 saturated heterocycles. The first-order valence-electron chi connectivity index (χ1n) is 14.1. The van der Waals surface area contributed by atoms with E-state index in [0.29, 0.717) is 44.1 Å². The minimum absolute atomic E-state index is 0.0825. The predicted molar refractivity (Wildman–Crippen MR) is 141 cm³/mol. The number of aryl methyl sites for hydroxylation is 1. The van der Waals surface area contributed by atoms with Crippen LogP contribution < -0.4 is 5.32 Å². The Morgan fingerprint density at radius 1 is 1.13 bits per heavy atom. The van der Waals surface area contributed by atoms with Crippen LogP contribution in [0.25, 0.3) is 0 Å². The van der Waals surface area contributed by atoms with Gasteiger partial charge in [-0.25, -0.2) is 0 Å². The van der Waals surface area contributed by atoms with Crippen molar-refractivity contribution in [2.24, 2.45) is 17.8 Å². The zero-order valence-corrected chi connectivity index (χ0v) is 22.4. The number of nitrogens with one attached hydrogen (secondary N) is 1. The largest absolute Gasteiger partial charge is 0.394 e. The maximum absolute atomic E-state index is 13.2. The molecule has 1 aliphatic carbocycles. The van der Waals surface area contributed by atoms with Gasteiger partial charge in [-0.2, -0.15) is 13.2 Å². The second-order valence-corrected chi connectivity index (χ2v) is 11.5. The van der Waals surface area contributed by atoms with Crippen molar-refractivity contribution >= 4 is 5.91 Å². The Morgan fingerprint density at radius 3 is 2.46 bits per heavy atom. The summed E-state index contributed by atoms with van der Waals surface area (Å²) in [6, 6.07) is 9.15. The number of aliphatic hydroxyl groups excluding tert-OH is 1. The number of carbonyl (C=O) groups is 1. The van der Waals surface area contributed by atoms with E-state index in [9.17, 15) is 23.1 Å². The van der Waals surface area contributed by atoms with Crippen LogP contribution in [0.5, 0.6) is 0 Å². The van der Waals surface area contributed by atoms with E-state index in [1.165, 1.54) is 0 Å². The Morgan fingerprint density at radius 2 is 1.82 bits per heavy atom. The molecule has 2 atom stereocenters. The van der Waals surface area contributed by atoms with E-state index < -0.39 is 18.1 Å². The summed E-state index contributed by atoms with van der Waals surface area (Å²) in [7, 11) is 0. The summed E-state index contributed by atoms with van der Waals surface area (Å²) in [5.41, 5.74) is 4.34. The lowest BCUT2D eigenvalue weighted by Gasteiger charge is -2.37. The van der Waals surface area contributed by atoms with Crippen molar-refractivity contribution in [1.29, 1.82) is 0 Å². The first-order chi connectivity index (χ1) is 18.7. The molecule has 0 radical (unpaired) electrons. The van der Waals surface area contributed by atoms with E-state index in [1.807, 2.05) is 37.3 Å². The lowest BCUT2D eigenvalue weighted by molar-refractivity contribution is -0.184. The molecule has 0 bridgehead atoms.